The van der Waals surface area contributed by atoms with Crippen LogP contribution in [0.1, 0.15) is 77.6 Å². The molecule has 0 aromatic carbocycles. The largest absolute Gasteiger partial charge is 0.348 e. The van der Waals surface area contributed by atoms with Crippen LogP contribution in [0.25, 0.3) is 0 Å². The molecule has 1 aromatic heterocycles. The van der Waals surface area contributed by atoms with Gasteiger partial charge in [-0.1, -0.05) is 45.4 Å². The van der Waals surface area contributed by atoms with Crippen molar-refractivity contribution in [2.24, 2.45) is 23.7 Å². The minimum Gasteiger partial charge on any atom is -0.348 e. The van der Waals surface area contributed by atoms with Crippen LogP contribution in [0.5, 0.6) is 0 Å². The predicted molar refractivity (Wildman–Crippen MR) is 94.8 cm³/mol. The maximum Gasteiger partial charge on any atom is 0.176 e. The molecule has 0 spiro atoms. The van der Waals surface area contributed by atoms with Crippen LogP contribution in [-0.4, -0.2) is 4.57 Å². The molecule has 0 aliphatic heterocycles. The van der Waals surface area contributed by atoms with Gasteiger partial charge in [0, 0.05) is 18.9 Å². The van der Waals surface area contributed by atoms with Crippen LogP contribution >= 0.6 is 0 Å². The molecule has 3 rings (SSSR count). The lowest BCUT2D eigenvalue weighted by atomic mass is 9.68. The van der Waals surface area contributed by atoms with E-state index in [1.54, 1.807) is 4.57 Å². The number of halogens is 2. The minimum atomic E-state index is -0.725. The molecule has 0 amide bonds. The molecule has 2 aliphatic rings. The summed E-state index contributed by atoms with van der Waals surface area (Å²) in [6, 6.07) is 0. The molecule has 0 bridgehead atoms. The first-order valence-electron chi connectivity index (χ1n) is 10.2. The second-order valence-corrected chi connectivity index (χ2v) is 8.33. The number of nitrogens with zero attached hydrogens (tertiary/aromatic N) is 1. The number of rotatable bonds is 6. The molecule has 0 saturated heterocycles. The first kappa shape index (κ1) is 17.9. The first-order chi connectivity index (χ1) is 11.7. The molecule has 0 N–H and O–H groups in total. The predicted octanol–water partition coefficient (Wildman–Crippen LogP) is 6.57. The van der Waals surface area contributed by atoms with Crippen molar-refractivity contribution in [3.63, 3.8) is 0 Å². The lowest BCUT2D eigenvalue weighted by Gasteiger charge is -2.38. The topological polar surface area (TPSA) is 4.93 Å². The highest BCUT2D eigenvalue weighted by Gasteiger charge is 2.30. The van der Waals surface area contributed by atoms with Crippen LogP contribution in [-0.2, 0) is 6.54 Å². The van der Waals surface area contributed by atoms with Gasteiger partial charge in [0.25, 0.3) is 0 Å². The van der Waals surface area contributed by atoms with Crippen molar-refractivity contribution in [1.29, 1.82) is 0 Å². The second-order valence-electron chi connectivity index (χ2n) is 8.33. The Morgan fingerprint density at radius 3 is 1.71 bits per heavy atom. The Morgan fingerprint density at radius 1 is 0.792 bits per heavy atom. The third-order valence-corrected chi connectivity index (χ3v) is 6.73. The molecule has 2 aliphatic carbocycles. The zero-order chi connectivity index (χ0) is 16.9. The van der Waals surface area contributed by atoms with Crippen molar-refractivity contribution in [1.82, 2.24) is 4.57 Å². The number of hydrogen-bond acceptors (Lipinski definition) is 0. The summed E-state index contributed by atoms with van der Waals surface area (Å²) in [6.45, 7) is 3.06. The summed E-state index contributed by atoms with van der Waals surface area (Å²) >= 11 is 0. The molecule has 24 heavy (non-hydrogen) atoms. The SMILES string of the molecule is CCCC1CCC(C2CCC(CCn3cc(F)c(F)c3)CC2)CC1. The van der Waals surface area contributed by atoms with E-state index in [9.17, 15) is 8.78 Å². The van der Waals surface area contributed by atoms with E-state index < -0.39 is 11.6 Å². The molecule has 1 nitrogen and oxygen atoms in total. The van der Waals surface area contributed by atoms with Gasteiger partial charge in [0.2, 0.25) is 0 Å². The van der Waals surface area contributed by atoms with Crippen molar-refractivity contribution < 1.29 is 8.78 Å². The molecule has 0 atom stereocenters. The van der Waals surface area contributed by atoms with E-state index in [0.29, 0.717) is 0 Å². The lowest BCUT2D eigenvalue weighted by Crippen LogP contribution is -2.26. The summed E-state index contributed by atoms with van der Waals surface area (Å²) in [5.74, 6) is 2.22. The lowest BCUT2D eigenvalue weighted by molar-refractivity contribution is 0.139. The van der Waals surface area contributed by atoms with Crippen LogP contribution in [0, 0.1) is 35.3 Å². The molecular weight excluding hydrogens is 304 g/mol. The van der Waals surface area contributed by atoms with Gasteiger partial charge in [-0.15, -0.1) is 0 Å². The summed E-state index contributed by atoms with van der Waals surface area (Å²) in [7, 11) is 0. The van der Waals surface area contributed by atoms with Gasteiger partial charge >= 0.3 is 0 Å². The van der Waals surface area contributed by atoms with Gasteiger partial charge < -0.3 is 4.57 Å². The van der Waals surface area contributed by atoms with E-state index in [1.165, 1.54) is 76.6 Å². The van der Waals surface area contributed by atoms with E-state index in [2.05, 4.69) is 6.92 Å². The molecule has 2 saturated carbocycles. The Kier molecular flexibility index (Phi) is 6.35. The second kappa shape index (κ2) is 8.49. The summed E-state index contributed by atoms with van der Waals surface area (Å²) in [6.07, 6.45) is 17.6. The Balaban J connectivity index is 1.37. The maximum absolute atomic E-state index is 13.0. The molecular formula is C21H33F2N. The van der Waals surface area contributed by atoms with Crippen LogP contribution < -0.4 is 0 Å². The van der Waals surface area contributed by atoms with Crippen LogP contribution in [0.15, 0.2) is 12.4 Å². The van der Waals surface area contributed by atoms with Crippen molar-refractivity contribution in [3.05, 3.63) is 24.0 Å². The monoisotopic (exact) mass is 337 g/mol. The maximum atomic E-state index is 13.0. The Hall–Kier alpha value is -0.860. The van der Waals surface area contributed by atoms with E-state index in [0.717, 1.165) is 36.6 Å². The van der Waals surface area contributed by atoms with Crippen molar-refractivity contribution in [2.45, 2.75) is 84.1 Å². The number of aromatic nitrogens is 1. The van der Waals surface area contributed by atoms with Gasteiger partial charge in [0.1, 0.15) is 0 Å². The van der Waals surface area contributed by atoms with Gasteiger partial charge in [-0.3, -0.25) is 0 Å². The quantitative estimate of drug-likeness (QED) is 0.553. The Morgan fingerprint density at radius 2 is 1.25 bits per heavy atom. The first-order valence-corrected chi connectivity index (χ1v) is 10.2. The summed E-state index contributed by atoms with van der Waals surface area (Å²) in [5.41, 5.74) is 0. The van der Waals surface area contributed by atoms with Gasteiger partial charge in [0.15, 0.2) is 11.6 Å². The van der Waals surface area contributed by atoms with Crippen molar-refractivity contribution in [3.8, 4) is 0 Å². The van der Waals surface area contributed by atoms with Crippen molar-refractivity contribution >= 4 is 0 Å². The van der Waals surface area contributed by atoms with Gasteiger partial charge in [0.05, 0.1) is 0 Å². The highest BCUT2D eigenvalue weighted by atomic mass is 19.2. The fraction of sp³-hybridized carbons (Fsp3) is 0.810. The Bertz CT molecular complexity index is 474. The zero-order valence-electron chi connectivity index (χ0n) is 15.2. The normalized spacial score (nSPS) is 31.3. The van der Waals surface area contributed by atoms with Crippen LogP contribution in [0.3, 0.4) is 0 Å². The fourth-order valence-electron chi connectivity index (χ4n) is 5.22. The Labute approximate surface area is 145 Å². The fourth-order valence-corrected chi connectivity index (χ4v) is 5.22. The number of aryl methyl sites for hydroxylation is 1. The van der Waals surface area contributed by atoms with Gasteiger partial charge in [-0.25, -0.2) is 8.78 Å². The summed E-state index contributed by atoms with van der Waals surface area (Å²) in [4.78, 5) is 0. The highest BCUT2D eigenvalue weighted by Crippen LogP contribution is 2.42. The number of hydrogen-bond donors (Lipinski definition) is 0. The zero-order valence-corrected chi connectivity index (χ0v) is 15.2. The van der Waals surface area contributed by atoms with Gasteiger partial charge in [-0.2, -0.15) is 0 Å². The van der Waals surface area contributed by atoms with Crippen molar-refractivity contribution in [2.75, 3.05) is 0 Å². The average Bonchev–Trinajstić information content (AvgIpc) is 2.93. The summed E-state index contributed by atoms with van der Waals surface area (Å²) < 4.78 is 27.8. The average molecular weight is 337 g/mol. The molecule has 136 valence electrons. The smallest absolute Gasteiger partial charge is 0.176 e. The molecule has 3 heteroatoms. The summed E-state index contributed by atoms with van der Waals surface area (Å²) in [5, 5.41) is 0. The molecule has 0 radical (unpaired) electrons. The highest BCUT2D eigenvalue weighted by molar-refractivity contribution is 4.98. The van der Waals surface area contributed by atoms with E-state index in [1.807, 2.05) is 0 Å². The van der Waals surface area contributed by atoms with E-state index in [4.69, 9.17) is 0 Å². The third kappa shape index (κ3) is 4.61. The van der Waals surface area contributed by atoms with Crippen LogP contribution in [0.4, 0.5) is 8.78 Å². The molecule has 1 heterocycles. The van der Waals surface area contributed by atoms with Gasteiger partial charge in [-0.05, 0) is 55.8 Å². The molecule has 0 unspecified atom stereocenters. The van der Waals surface area contributed by atoms with E-state index >= 15 is 0 Å². The third-order valence-electron chi connectivity index (χ3n) is 6.73. The standard InChI is InChI=1S/C21H33F2N/c1-2-3-16-4-8-18(9-5-16)19-10-6-17(7-11-19)12-13-24-14-20(22)21(23)15-24/h14-19H,2-13H2,1H3. The molecule has 1 aromatic rings. The van der Waals surface area contributed by atoms with E-state index in [-0.39, 0.29) is 0 Å². The van der Waals surface area contributed by atoms with Crippen LogP contribution in [0.2, 0.25) is 0 Å². The minimum absolute atomic E-state index is 0.725. The molecule has 2 fully saturated rings.